The molecule has 9 heteroatoms. The lowest BCUT2D eigenvalue weighted by Crippen LogP contribution is -2.28. The molecular weight excluding hydrogens is 370 g/mol. The minimum atomic E-state index is -0.412. The van der Waals surface area contributed by atoms with Crippen molar-refractivity contribution >= 4 is 44.8 Å². The van der Waals surface area contributed by atoms with Gasteiger partial charge in [-0.15, -0.1) is 11.3 Å². The Bertz CT molecular complexity index is 876. The van der Waals surface area contributed by atoms with Crippen LogP contribution in [0.4, 0.5) is 10.6 Å². The molecule has 0 bridgehead atoms. The lowest BCUT2D eigenvalue weighted by atomic mass is 10.3. The van der Waals surface area contributed by atoms with Crippen LogP contribution in [0.1, 0.15) is 16.7 Å². The van der Waals surface area contributed by atoms with Gasteiger partial charge in [-0.3, -0.25) is 0 Å². The van der Waals surface area contributed by atoms with E-state index >= 15 is 0 Å². The number of aryl methyl sites for hydroxylation is 1. The number of hydrogen-bond acceptors (Lipinski definition) is 6. The molecule has 1 aliphatic rings. The molecular formula is C13H10BrN5O2S. The number of halogens is 1. The van der Waals surface area contributed by atoms with E-state index in [-0.39, 0.29) is 12.6 Å². The van der Waals surface area contributed by atoms with Gasteiger partial charge in [-0.05, 0) is 28.9 Å². The number of thiazole rings is 1. The van der Waals surface area contributed by atoms with Crippen LogP contribution >= 0.6 is 27.3 Å². The molecule has 4 heterocycles. The highest BCUT2D eigenvalue weighted by atomic mass is 79.9. The van der Waals surface area contributed by atoms with E-state index in [4.69, 9.17) is 4.74 Å². The van der Waals surface area contributed by atoms with Gasteiger partial charge >= 0.3 is 6.09 Å². The van der Waals surface area contributed by atoms with Crippen molar-refractivity contribution in [1.29, 1.82) is 0 Å². The molecule has 1 amide bonds. The summed E-state index contributed by atoms with van der Waals surface area (Å²) in [7, 11) is 0. The van der Waals surface area contributed by atoms with Gasteiger partial charge in [-0.25, -0.2) is 24.2 Å². The summed E-state index contributed by atoms with van der Waals surface area (Å²) in [6, 6.07) is 1.50. The number of carbonyl (C=O) groups is 1. The van der Waals surface area contributed by atoms with Crippen molar-refractivity contribution in [2.24, 2.45) is 0 Å². The van der Waals surface area contributed by atoms with Gasteiger partial charge in [0.15, 0.2) is 5.65 Å². The fourth-order valence-corrected chi connectivity index (χ4v) is 3.58. The number of anilines is 1. The van der Waals surface area contributed by atoms with Crippen LogP contribution in [-0.2, 0) is 4.74 Å². The number of rotatable bonds is 2. The van der Waals surface area contributed by atoms with Crippen LogP contribution in [0.25, 0.3) is 5.65 Å². The van der Waals surface area contributed by atoms with Crippen LogP contribution in [0.3, 0.4) is 0 Å². The fraction of sp³-hybridized carbons (Fsp3) is 0.231. The maximum absolute atomic E-state index is 12.1. The van der Waals surface area contributed by atoms with Crippen LogP contribution < -0.4 is 4.90 Å². The van der Waals surface area contributed by atoms with E-state index < -0.39 is 6.09 Å². The summed E-state index contributed by atoms with van der Waals surface area (Å²) in [4.78, 5) is 22.6. The third-order valence-electron chi connectivity index (χ3n) is 3.35. The zero-order valence-electron chi connectivity index (χ0n) is 11.4. The third kappa shape index (κ3) is 2.08. The maximum atomic E-state index is 12.1. The Hall–Kier alpha value is -2.00. The fourth-order valence-electron chi connectivity index (χ4n) is 2.35. The predicted molar refractivity (Wildman–Crippen MR) is 84.1 cm³/mol. The summed E-state index contributed by atoms with van der Waals surface area (Å²) < 4.78 is 7.60. The summed E-state index contributed by atoms with van der Waals surface area (Å²) in [6.45, 7) is 2.20. The number of nitrogens with zero attached hydrogens (tertiary/aromatic N) is 5. The number of aromatic nitrogens is 4. The van der Waals surface area contributed by atoms with E-state index in [0.717, 1.165) is 15.2 Å². The van der Waals surface area contributed by atoms with E-state index in [1.807, 2.05) is 12.3 Å². The number of fused-ring (bicyclic) bond motifs is 1. The van der Waals surface area contributed by atoms with Gasteiger partial charge in [0, 0.05) is 17.3 Å². The Kier molecular flexibility index (Phi) is 3.12. The zero-order chi connectivity index (χ0) is 15.3. The first-order valence-electron chi connectivity index (χ1n) is 6.51. The first kappa shape index (κ1) is 13.6. The molecule has 7 nitrogen and oxygen atoms in total. The van der Waals surface area contributed by atoms with E-state index in [2.05, 4.69) is 31.0 Å². The number of cyclic esters (lactones) is 1. The molecule has 1 atom stereocenters. The minimum Gasteiger partial charge on any atom is -0.446 e. The van der Waals surface area contributed by atoms with Gasteiger partial charge in [0.25, 0.3) is 0 Å². The van der Waals surface area contributed by atoms with Crippen LogP contribution in [0.5, 0.6) is 0 Å². The lowest BCUT2D eigenvalue weighted by Gasteiger charge is -2.18. The van der Waals surface area contributed by atoms with Crippen molar-refractivity contribution in [2.45, 2.75) is 13.0 Å². The molecule has 0 radical (unpaired) electrons. The molecule has 0 aliphatic carbocycles. The number of hydrogen-bond donors (Lipinski definition) is 0. The summed E-state index contributed by atoms with van der Waals surface area (Å²) in [5.74, 6) is 0.522. The third-order valence-corrected chi connectivity index (χ3v) is 4.98. The molecule has 1 saturated heterocycles. The average Bonchev–Trinajstić information content (AvgIpc) is 3.19. The Morgan fingerprint density at radius 1 is 1.45 bits per heavy atom. The summed E-state index contributed by atoms with van der Waals surface area (Å²) in [5, 5.41) is 6.95. The van der Waals surface area contributed by atoms with E-state index in [0.29, 0.717) is 11.5 Å². The van der Waals surface area contributed by atoms with Gasteiger partial charge in [-0.1, -0.05) is 0 Å². The molecule has 0 aromatic carbocycles. The second kappa shape index (κ2) is 5.03. The SMILES string of the molecule is Cc1csc(C2COC(=O)N2c2ccn3ncc(Br)c3n2)n1. The van der Waals surface area contributed by atoms with Gasteiger partial charge in [0.2, 0.25) is 0 Å². The smallest absolute Gasteiger partial charge is 0.416 e. The maximum Gasteiger partial charge on any atom is 0.416 e. The highest BCUT2D eigenvalue weighted by Crippen LogP contribution is 2.34. The summed E-state index contributed by atoms with van der Waals surface area (Å²) in [5.41, 5.74) is 1.58. The molecule has 4 rings (SSSR count). The molecule has 1 fully saturated rings. The first-order valence-corrected chi connectivity index (χ1v) is 8.18. The summed E-state index contributed by atoms with van der Waals surface area (Å²) >= 11 is 4.91. The van der Waals surface area contributed by atoms with Crippen molar-refractivity contribution in [3.63, 3.8) is 0 Å². The van der Waals surface area contributed by atoms with Gasteiger partial charge in [0.1, 0.15) is 23.5 Å². The first-order chi connectivity index (χ1) is 10.6. The Balaban J connectivity index is 1.79. The molecule has 0 N–H and O–H groups in total. The van der Waals surface area contributed by atoms with E-state index in [1.165, 1.54) is 16.2 Å². The molecule has 112 valence electrons. The molecule has 0 spiro atoms. The van der Waals surface area contributed by atoms with Crippen molar-refractivity contribution in [3.05, 3.63) is 39.0 Å². The van der Waals surface area contributed by atoms with Crippen LogP contribution in [0.15, 0.2) is 28.3 Å². The molecule has 22 heavy (non-hydrogen) atoms. The lowest BCUT2D eigenvalue weighted by molar-refractivity contribution is 0.179. The second-order valence-corrected chi connectivity index (χ2v) is 6.58. The highest BCUT2D eigenvalue weighted by Gasteiger charge is 2.38. The normalized spacial score (nSPS) is 18.2. The van der Waals surface area contributed by atoms with Crippen molar-refractivity contribution < 1.29 is 9.53 Å². The number of amides is 1. The van der Waals surface area contributed by atoms with Crippen LogP contribution in [0, 0.1) is 6.92 Å². The largest absolute Gasteiger partial charge is 0.446 e. The molecule has 0 saturated carbocycles. The van der Waals surface area contributed by atoms with Gasteiger partial charge < -0.3 is 4.74 Å². The standard InChI is InChI=1S/C13H10BrN5O2S/c1-7-6-22-12(16-7)9-5-21-13(20)19(9)10-2-3-18-11(17-10)8(14)4-15-18/h2-4,6,9H,5H2,1H3. The van der Waals surface area contributed by atoms with Crippen LogP contribution in [0.2, 0.25) is 0 Å². The molecule has 1 unspecified atom stereocenters. The van der Waals surface area contributed by atoms with Gasteiger partial charge in [-0.2, -0.15) is 5.10 Å². The minimum absolute atomic E-state index is 0.247. The zero-order valence-corrected chi connectivity index (χ0v) is 13.8. The van der Waals surface area contributed by atoms with Crippen LogP contribution in [-0.4, -0.2) is 32.3 Å². The molecule has 3 aromatic rings. The Morgan fingerprint density at radius 2 is 2.32 bits per heavy atom. The number of ether oxygens (including phenoxy) is 1. The number of carbonyl (C=O) groups excluding carboxylic acids is 1. The monoisotopic (exact) mass is 379 g/mol. The van der Waals surface area contributed by atoms with E-state index in [1.54, 1.807) is 23.0 Å². The Labute approximate surface area is 137 Å². The molecule has 3 aromatic heterocycles. The quantitative estimate of drug-likeness (QED) is 0.684. The second-order valence-electron chi connectivity index (χ2n) is 4.84. The van der Waals surface area contributed by atoms with Crippen molar-refractivity contribution in [3.8, 4) is 0 Å². The topological polar surface area (TPSA) is 72.6 Å². The van der Waals surface area contributed by atoms with E-state index in [9.17, 15) is 4.79 Å². The summed E-state index contributed by atoms with van der Waals surface area (Å²) in [6.07, 6.45) is 3.01. The van der Waals surface area contributed by atoms with Crippen molar-refractivity contribution in [2.75, 3.05) is 11.5 Å². The molecule has 1 aliphatic heterocycles. The van der Waals surface area contributed by atoms with Crippen molar-refractivity contribution in [1.82, 2.24) is 19.6 Å². The Morgan fingerprint density at radius 3 is 3.09 bits per heavy atom. The average molecular weight is 380 g/mol. The predicted octanol–water partition coefficient (Wildman–Crippen LogP) is 2.95. The highest BCUT2D eigenvalue weighted by molar-refractivity contribution is 9.10. The van der Waals surface area contributed by atoms with Gasteiger partial charge in [0.05, 0.1) is 10.7 Å².